The number of nitrogens with zero attached hydrogens (tertiary/aromatic N) is 1. The van der Waals surface area contributed by atoms with Crippen molar-refractivity contribution in [1.29, 1.82) is 0 Å². The third kappa shape index (κ3) is 2.94. The number of piperidine rings is 1. The van der Waals surface area contributed by atoms with Crippen LogP contribution in [-0.2, 0) is 4.74 Å². The molecule has 0 saturated carbocycles. The van der Waals surface area contributed by atoms with Gasteiger partial charge < -0.3 is 24.3 Å². The van der Waals surface area contributed by atoms with Crippen LogP contribution in [0.1, 0.15) is 35.4 Å². The molecule has 6 heteroatoms. The second-order valence-electron chi connectivity index (χ2n) is 7.21. The highest BCUT2D eigenvalue weighted by atomic mass is 16.5. The van der Waals surface area contributed by atoms with Crippen LogP contribution in [-0.4, -0.2) is 58.5 Å². The fourth-order valence-electron chi connectivity index (χ4n) is 3.95. The first-order valence-electron chi connectivity index (χ1n) is 8.76. The first kappa shape index (κ1) is 16.6. The summed E-state index contributed by atoms with van der Waals surface area (Å²) in [6.45, 7) is 3.16. The Balaban J connectivity index is 1.50. The van der Waals surface area contributed by atoms with Crippen LogP contribution in [0.3, 0.4) is 0 Å². The van der Waals surface area contributed by atoms with E-state index in [2.05, 4.69) is 0 Å². The van der Waals surface area contributed by atoms with E-state index in [0.29, 0.717) is 43.5 Å². The van der Waals surface area contributed by atoms with Crippen LogP contribution in [0.5, 0.6) is 0 Å². The zero-order valence-electron chi connectivity index (χ0n) is 14.3. The molecule has 6 nitrogen and oxygen atoms in total. The lowest BCUT2D eigenvalue weighted by Crippen LogP contribution is -2.55. The molecule has 0 radical (unpaired) electrons. The summed E-state index contributed by atoms with van der Waals surface area (Å²) in [6.07, 6.45) is 0.176. The lowest BCUT2D eigenvalue weighted by Gasteiger charge is -2.46. The van der Waals surface area contributed by atoms with Gasteiger partial charge in [0.25, 0.3) is 5.91 Å². The summed E-state index contributed by atoms with van der Waals surface area (Å²) in [6, 6.07) is 7.55. The molecule has 0 unspecified atom stereocenters. The molecular weight excluding hydrogens is 322 g/mol. The Morgan fingerprint density at radius 3 is 2.72 bits per heavy atom. The lowest BCUT2D eigenvalue weighted by molar-refractivity contribution is -0.185. The van der Waals surface area contributed by atoms with Gasteiger partial charge in [-0.15, -0.1) is 0 Å². The van der Waals surface area contributed by atoms with Crippen molar-refractivity contribution in [2.24, 2.45) is 0 Å². The molecule has 25 heavy (non-hydrogen) atoms. The smallest absolute Gasteiger partial charge is 0.257 e. The highest BCUT2D eigenvalue weighted by molar-refractivity contribution is 6.05. The minimum atomic E-state index is -0.815. The van der Waals surface area contributed by atoms with Crippen molar-refractivity contribution in [3.05, 3.63) is 35.6 Å². The molecular formula is C19H23NO5. The zero-order valence-corrected chi connectivity index (χ0v) is 14.3. The van der Waals surface area contributed by atoms with Gasteiger partial charge in [-0.25, -0.2) is 0 Å². The summed E-state index contributed by atoms with van der Waals surface area (Å²) in [7, 11) is 0. The Morgan fingerprint density at radius 1 is 1.24 bits per heavy atom. The fourth-order valence-corrected chi connectivity index (χ4v) is 3.95. The number of amides is 1. The summed E-state index contributed by atoms with van der Waals surface area (Å²) < 4.78 is 11.5. The van der Waals surface area contributed by atoms with Crippen LogP contribution in [0, 0.1) is 6.92 Å². The Bertz CT molecular complexity index is 790. The van der Waals surface area contributed by atoms with Gasteiger partial charge in [-0.3, -0.25) is 4.79 Å². The van der Waals surface area contributed by atoms with Crippen LogP contribution in [0.25, 0.3) is 11.0 Å². The van der Waals surface area contributed by atoms with Crippen molar-refractivity contribution in [3.8, 4) is 0 Å². The number of benzene rings is 1. The van der Waals surface area contributed by atoms with Crippen LogP contribution in [0.2, 0.25) is 0 Å². The van der Waals surface area contributed by atoms with Crippen molar-refractivity contribution < 1.29 is 24.2 Å². The summed E-state index contributed by atoms with van der Waals surface area (Å²) in [4.78, 5) is 14.8. The molecule has 2 atom stereocenters. The number of furan rings is 1. The van der Waals surface area contributed by atoms with Crippen molar-refractivity contribution in [1.82, 2.24) is 4.90 Å². The van der Waals surface area contributed by atoms with E-state index in [9.17, 15) is 15.0 Å². The number of hydrogen-bond acceptors (Lipinski definition) is 5. The zero-order chi connectivity index (χ0) is 17.6. The Kier molecular flexibility index (Phi) is 4.06. The number of fused-ring (bicyclic) bond motifs is 1. The third-order valence-corrected chi connectivity index (χ3v) is 5.45. The molecule has 2 aliphatic rings. The minimum absolute atomic E-state index is 0.0359. The van der Waals surface area contributed by atoms with Gasteiger partial charge in [0.05, 0.1) is 23.9 Å². The van der Waals surface area contributed by atoms with Gasteiger partial charge in [0, 0.05) is 24.9 Å². The monoisotopic (exact) mass is 345 g/mol. The number of hydrogen-bond donors (Lipinski definition) is 2. The van der Waals surface area contributed by atoms with Crippen LogP contribution in [0.4, 0.5) is 0 Å². The molecule has 2 aliphatic heterocycles. The van der Waals surface area contributed by atoms with Crippen molar-refractivity contribution in [2.45, 2.75) is 44.0 Å². The van der Waals surface area contributed by atoms with E-state index in [1.165, 1.54) is 0 Å². The Hall–Kier alpha value is -1.89. The van der Waals surface area contributed by atoms with Gasteiger partial charge in [0.1, 0.15) is 17.4 Å². The van der Waals surface area contributed by atoms with Gasteiger partial charge >= 0.3 is 0 Å². The first-order valence-corrected chi connectivity index (χ1v) is 8.76. The lowest BCUT2D eigenvalue weighted by atomic mass is 9.82. The number of aryl methyl sites for hydroxylation is 1. The van der Waals surface area contributed by atoms with Gasteiger partial charge in [-0.1, -0.05) is 12.1 Å². The molecule has 1 spiro atoms. The number of aliphatic hydroxyl groups excluding tert-OH is 2. The van der Waals surface area contributed by atoms with Gasteiger partial charge in [0.15, 0.2) is 0 Å². The Labute approximate surface area is 146 Å². The molecule has 134 valence electrons. The van der Waals surface area contributed by atoms with E-state index in [-0.39, 0.29) is 12.5 Å². The molecule has 0 aliphatic carbocycles. The topological polar surface area (TPSA) is 83.1 Å². The average Bonchev–Trinajstić information content (AvgIpc) is 2.99. The highest BCUT2D eigenvalue weighted by Gasteiger charge is 2.43. The first-order chi connectivity index (χ1) is 12.0. The summed E-state index contributed by atoms with van der Waals surface area (Å²) >= 11 is 0. The summed E-state index contributed by atoms with van der Waals surface area (Å²) in [5, 5.41) is 20.5. The molecule has 4 rings (SSSR count). The van der Waals surface area contributed by atoms with E-state index in [1.54, 1.807) is 6.07 Å². The average molecular weight is 345 g/mol. The van der Waals surface area contributed by atoms with Gasteiger partial charge in [-0.2, -0.15) is 0 Å². The van der Waals surface area contributed by atoms with E-state index in [1.807, 2.05) is 30.0 Å². The van der Waals surface area contributed by atoms with Crippen LogP contribution < -0.4 is 0 Å². The molecule has 1 amide bonds. The fraction of sp³-hybridized carbons (Fsp3) is 0.526. The Morgan fingerprint density at radius 2 is 2.00 bits per heavy atom. The predicted molar refractivity (Wildman–Crippen MR) is 91.4 cm³/mol. The second kappa shape index (κ2) is 6.12. The van der Waals surface area contributed by atoms with Crippen molar-refractivity contribution in [2.75, 3.05) is 19.7 Å². The number of carbonyl (C=O) groups excluding carboxylic acids is 1. The molecule has 2 fully saturated rings. The van der Waals surface area contributed by atoms with E-state index < -0.39 is 17.8 Å². The van der Waals surface area contributed by atoms with E-state index in [0.717, 1.165) is 11.1 Å². The van der Waals surface area contributed by atoms with E-state index >= 15 is 0 Å². The standard InChI is InChI=1S/C19H23NO5/c1-12-9-13-3-2-4-14(17(13)25-12)18(23)20-7-5-19(6-8-20)10-15(21)16(22)11-24-19/h2-4,9,15-16,21-22H,5-8,10-11H2,1H3/t15-,16+/m1/s1. The molecule has 2 saturated heterocycles. The molecule has 2 N–H and O–H groups in total. The minimum Gasteiger partial charge on any atom is -0.461 e. The van der Waals surface area contributed by atoms with Crippen molar-refractivity contribution >= 4 is 16.9 Å². The quantitative estimate of drug-likeness (QED) is 0.824. The number of aliphatic hydroxyl groups is 2. The highest BCUT2D eigenvalue weighted by Crippen LogP contribution is 2.36. The summed E-state index contributed by atoms with van der Waals surface area (Å²) in [5.41, 5.74) is 0.794. The third-order valence-electron chi connectivity index (χ3n) is 5.45. The molecule has 1 aromatic carbocycles. The van der Waals surface area contributed by atoms with Gasteiger partial charge in [-0.05, 0) is 31.9 Å². The number of ether oxygens (including phenoxy) is 1. The van der Waals surface area contributed by atoms with Crippen LogP contribution in [0.15, 0.2) is 28.7 Å². The molecule has 1 aromatic heterocycles. The molecule has 0 bridgehead atoms. The molecule has 2 aromatic rings. The van der Waals surface area contributed by atoms with Crippen molar-refractivity contribution in [3.63, 3.8) is 0 Å². The summed E-state index contributed by atoms with van der Waals surface area (Å²) in [5.74, 6) is 0.752. The number of carbonyl (C=O) groups is 1. The van der Waals surface area contributed by atoms with Crippen LogP contribution >= 0.6 is 0 Å². The SMILES string of the molecule is Cc1cc2cccc(C(=O)N3CCC4(CC3)C[C@@H](O)[C@@H](O)CO4)c2o1. The number of para-hydroxylation sites is 1. The predicted octanol–water partition coefficient (Wildman–Crippen LogP) is 1.86. The number of rotatable bonds is 1. The maximum Gasteiger partial charge on any atom is 0.257 e. The maximum atomic E-state index is 12.9. The largest absolute Gasteiger partial charge is 0.461 e. The second-order valence-corrected chi connectivity index (χ2v) is 7.21. The normalized spacial score (nSPS) is 26.3. The molecule has 3 heterocycles. The maximum absolute atomic E-state index is 12.9. The van der Waals surface area contributed by atoms with Gasteiger partial charge in [0.2, 0.25) is 0 Å². The van der Waals surface area contributed by atoms with E-state index in [4.69, 9.17) is 9.15 Å². The number of likely N-dealkylation sites (tertiary alicyclic amines) is 1.